The number of nitrogens with two attached hydrogens (primary N) is 2. The lowest BCUT2D eigenvalue weighted by Crippen LogP contribution is -2.13. The van der Waals surface area contributed by atoms with E-state index in [1.54, 1.807) is 13.3 Å². The number of nitrogen functional groups attached to an aromatic ring is 1. The summed E-state index contributed by atoms with van der Waals surface area (Å²) in [6, 6.07) is 0. The summed E-state index contributed by atoms with van der Waals surface area (Å²) in [7, 11) is 1.66. The summed E-state index contributed by atoms with van der Waals surface area (Å²) in [6.07, 6.45) is 2.42. The third kappa shape index (κ3) is 2.65. The third-order valence-electron chi connectivity index (χ3n) is 2.04. The highest BCUT2D eigenvalue weighted by atomic mass is 16.5. The van der Waals surface area contributed by atoms with Crippen LogP contribution in [-0.4, -0.2) is 23.2 Å². The number of nitrogens with zero attached hydrogens (tertiary/aromatic N) is 2. The van der Waals surface area contributed by atoms with Gasteiger partial charge in [0, 0.05) is 31.8 Å². The summed E-state index contributed by atoms with van der Waals surface area (Å²) >= 11 is 0. The average molecular weight is 196 g/mol. The molecule has 0 saturated carbocycles. The first kappa shape index (κ1) is 10.9. The van der Waals surface area contributed by atoms with Crippen LogP contribution in [0.5, 0.6) is 0 Å². The molecule has 78 valence electrons. The molecule has 1 aromatic rings. The van der Waals surface area contributed by atoms with Gasteiger partial charge in [0.25, 0.3) is 0 Å². The number of ether oxygens (including phenoxy) is 1. The van der Waals surface area contributed by atoms with Crippen molar-refractivity contribution in [3.05, 3.63) is 17.6 Å². The maximum atomic E-state index is 5.68. The van der Waals surface area contributed by atoms with Crippen molar-refractivity contribution in [3.63, 3.8) is 0 Å². The van der Waals surface area contributed by atoms with Gasteiger partial charge >= 0.3 is 0 Å². The van der Waals surface area contributed by atoms with Gasteiger partial charge in [-0.25, -0.2) is 9.97 Å². The highest BCUT2D eigenvalue weighted by Crippen LogP contribution is 2.07. The number of rotatable bonds is 4. The molecule has 0 bridgehead atoms. The minimum absolute atomic E-state index is 0.0955. The molecule has 0 fully saturated rings. The van der Waals surface area contributed by atoms with Gasteiger partial charge in [0.1, 0.15) is 11.6 Å². The van der Waals surface area contributed by atoms with E-state index in [1.807, 2.05) is 6.92 Å². The van der Waals surface area contributed by atoms with Crippen molar-refractivity contribution in [2.75, 3.05) is 12.8 Å². The van der Waals surface area contributed by atoms with E-state index in [1.165, 1.54) is 0 Å². The van der Waals surface area contributed by atoms with Gasteiger partial charge in [-0.1, -0.05) is 0 Å². The summed E-state index contributed by atoms with van der Waals surface area (Å²) in [5.41, 5.74) is 11.9. The van der Waals surface area contributed by atoms with Crippen LogP contribution in [-0.2, 0) is 17.7 Å². The molecule has 0 saturated heterocycles. The second-order valence-corrected chi connectivity index (χ2v) is 3.15. The lowest BCUT2D eigenvalue weighted by atomic mass is 10.2. The zero-order valence-corrected chi connectivity index (χ0v) is 8.53. The Balaban J connectivity index is 2.76. The molecule has 0 aliphatic carbocycles. The van der Waals surface area contributed by atoms with E-state index in [0.29, 0.717) is 24.6 Å². The van der Waals surface area contributed by atoms with E-state index >= 15 is 0 Å². The molecule has 0 amide bonds. The van der Waals surface area contributed by atoms with E-state index < -0.39 is 0 Å². The molecule has 4 N–H and O–H groups in total. The fourth-order valence-corrected chi connectivity index (χ4v) is 1.05. The largest absolute Gasteiger partial charge is 0.383 e. The molecule has 1 heterocycles. The van der Waals surface area contributed by atoms with Crippen molar-refractivity contribution >= 4 is 5.82 Å². The van der Waals surface area contributed by atoms with Crippen LogP contribution in [0.25, 0.3) is 0 Å². The van der Waals surface area contributed by atoms with Gasteiger partial charge in [-0.05, 0) is 6.92 Å². The molecule has 14 heavy (non-hydrogen) atoms. The average Bonchev–Trinajstić information content (AvgIpc) is 2.18. The van der Waals surface area contributed by atoms with Crippen LogP contribution in [0.4, 0.5) is 5.82 Å². The highest BCUT2D eigenvalue weighted by molar-refractivity contribution is 5.37. The fourth-order valence-electron chi connectivity index (χ4n) is 1.05. The van der Waals surface area contributed by atoms with E-state index in [2.05, 4.69) is 9.97 Å². The van der Waals surface area contributed by atoms with Crippen molar-refractivity contribution in [2.45, 2.75) is 26.0 Å². The summed E-state index contributed by atoms with van der Waals surface area (Å²) < 4.78 is 5.11. The Kier molecular flexibility index (Phi) is 3.79. The van der Waals surface area contributed by atoms with Crippen LogP contribution in [0.3, 0.4) is 0 Å². The van der Waals surface area contributed by atoms with E-state index in [-0.39, 0.29) is 6.10 Å². The first-order valence-corrected chi connectivity index (χ1v) is 4.50. The van der Waals surface area contributed by atoms with Crippen LogP contribution in [0.15, 0.2) is 6.20 Å². The zero-order chi connectivity index (χ0) is 10.6. The van der Waals surface area contributed by atoms with Gasteiger partial charge in [0.2, 0.25) is 0 Å². The quantitative estimate of drug-likeness (QED) is 0.713. The van der Waals surface area contributed by atoms with Crippen LogP contribution in [0.1, 0.15) is 18.3 Å². The predicted molar refractivity (Wildman–Crippen MR) is 54.5 cm³/mol. The fraction of sp³-hybridized carbons (Fsp3) is 0.556. The van der Waals surface area contributed by atoms with Gasteiger partial charge in [-0.2, -0.15) is 0 Å². The Bertz CT molecular complexity index is 303. The van der Waals surface area contributed by atoms with Crippen molar-refractivity contribution in [1.29, 1.82) is 0 Å². The number of methoxy groups -OCH3 is 1. The Morgan fingerprint density at radius 3 is 2.79 bits per heavy atom. The lowest BCUT2D eigenvalue weighted by Gasteiger charge is -2.09. The summed E-state index contributed by atoms with van der Waals surface area (Å²) in [6.45, 7) is 2.32. The highest BCUT2D eigenvalue weighted by Gasteiger charge is 2.06. The smallest absolute Gasteiger partial charge is 0.133 e. The van der Waals surface area contributed by atoms with Crippen molar-refractivity contribution < 1.29 is 4.74 Å². The second-order valence-electron chi connectivity index (χ2n) is 3.15. The van der Waals surface area contributed by atoms with Crippen LogP contribution < -0.4 is 11.5 Å². The maximum absolute atomic E-state index is 5.68. The Labute approximate surface area is 83.5 Å². The third-order valence-corrected chi connectivity index (χ3v) is 2.04. The Morgan fingerprint density at radius 1 is 1.57 bits per heavy atom. The van der Waals surface area contributed by atoms with E-state index in [0.717, 1.165) is 5.56 Å². The van der Waals surface area contributed by atoms with Gasteiger partial charge in [0.15, 0.2) is 0 Å². The van der Waals surface area contributed by atoms with Crippen LogP contribution in [0, 0.1) is 0 Å². The van der Waals surface area contributed by atoms with Crippen LogP contribution in [0.2, 0.25) is 0 Å². The number of anilines is 1. The number of aromatic nitrogens is 2. The topological polar surface area (TPSA) is 87.0 Å². The van der Waals surface area contributed by atoms with Gasteiger partial charge in [-0.15, -0.1) is 0 Å². The molecule has 0 aliphatic rings. The Hall–Kier alpha value is -1.20. The SMILES string of the molecule is COC(C)Cc1ncc(CN)c(N)n1. The van der Waals surface area contributed by atoms with Gasteiger partial charge < -0.3 is 16.2 Å². The van der Waals surface area contributed by atoms with Crippen molar-refractivity contribution in [3.8, 4) is 0 Å². The summed E-state index contributed by atoms with van der Waals surface area (Å²) in [4.78, 5) is 8.29. The van der Waals surface area contributed by atoms with Crippen LogP contribution >= 0.6 is 0 Å². The molecule has 0 aliphatic heterocycles. The molecule has 1 rings (SSSR count). The van der Waals surface area contributed by atoms with E-state index in [9.17, 15) is 0 Å². The minimum atomic E-state index is 0.0955. The van der Waals surface area contributed by atoms with Gasteiger partial charge in [0.05, 0.1) is 6.10 Å². The van der Waals surface area contributed by atoms with Gasteiger partial charge in [-0.3, -0.25) is 0 Å². The molecule has 1 unspecified atom stereocenters. The maximum Gasteiger partial charge on any atom is 0.133 e. The molecule has 0 aromatic carbocycles. The van der Waals surface area contributed by atoms with E-state index in [4.69, 9.17) is 16.2 Å². The minimum Gasteiger partial charge on any atom is -0.383 e. The molecular formula is C9H16N4O. The summed E-state index contributed by atoms with van der Waals surface area (Å²) in [5, 5.41) is 0. The first-order valence-electron chi connectivity index (χ1n) is 4.50. The van der Waals surface area contributed by atoms with Crippen molar-refractivity contribution in [1.82, 2.24) is 9.97 Å². The first-order chi connectivity index (χ1) is 6.67. The number of hydrogen-bond donors (Lipinski definition) is 2. The molecule has 0 radical (unpaired) electrons. The zero-order valence-electron chi connectivity index (χ0n) is 8.53. The molecule has 5 heteroatoms. The normalized spacial score (nSPS) is 12.8. The molecule has 0 spiro atoms. The molecule has 1 atom stereocenters. The van der Waals surface area contributed by atoms with Crippen molar-refractivity contribution in [2.24, 2.45) is 5.73 Å². The molecule has 1 aromatic heterocycles. The summed E-state index contributed by atoms with van der Waals surface area (Å²) in [5.74, 6) is 1.15. The monoisotopic (exact) mass is 196 g/mol. The second kappa shape index (κ2) is 4.88. The lowest BCUT2D eigenvalue weighted by molar-refractivity contribution is 0.117. The molecule has 5 nitrogen and oxygen atoms in total. The Morgan fingerprint density at radius 2 is 2.29 bits per heavy atom. The predicted octanol–water partition coefficient (Wildman–Crippen LogP) is 0.0949. The number of hydrogen-bond acceptors (Lipinski definition) is 5. The standard InChI is InChI=1S/C9H16N4O/c1-6(14-2)3-8-12-5-7(4-10)9(11)13-8/h5-6H,3-4,10H2,1-2H3,(H2,11,12,13). The molecular weight excluding hydrogens is 180 g/mol.